The number of nitrogens with zero attached hydrogens (tertiary/aromatic N) is 2. The first-order valence-electron chi connectivity index (χ1n) is 11.9. The number of carbonyl (C=O) groups excluding carboxylic acids is 2. The van der Waals surface area contributed by atoms with Crippen LogP contribution in [0, 0.1) is 6.92 Å². The third-order valence-electron chi connectivity index (χ3n) is 6.64. The molecule has 2 heterocycles. The molecule has 35 heavy (non-hydrogen) atoms. The van der Waals surface area contributed by atoms with Crippen LogP contribution in [0.2, 0.25) is 0 Å². The van der Waals surface area contributed by atoms with Gasteiger partial charge in [-0.15, -0.1) is 0 Å². The highest BCUT2D eigenvalue weighted by atomic mass is 16.3. The number of pyridine rings is 1. The first-order chi connectivity index (χ1) is 16.5. The Balaban J connectivity index is 1.93. The second-order valence-corrected chi connectivity index (χ2v) is 10.5. The van der Waals surface area contributed by atoms with Crippen LogP contribution in [0.1, 0.15) is 74.4 Å². The van der Waals surface area contributed by atoms with Crippen molar-refractivity contribution in [1.82, 2.24) is 4.98 Å². The lowest BCUT2D eigenvalue weighted by atomic mass is 9.84. The van der Waals surface area contributed by atoms with Crippen molar-refractivity contribution in [1.29, 1.82) is 0 Å². The minimum absolute atomic E-state index is 0.0742. The maximum absolute atomic E-state index is 13.4. The summed E-state index contributed by atoms with van der Waals surface area (Å²) in [6.07, 6.45) is 3.28. The lowest BCUT2D eigenvalue weighted by Crippen LogP contribution is -2.29. The Kier molecular flexibility index (Phi) is 6.37. The Morgan fingerprint density at radius 1 is 1.03 bits per heavy atom. The van der Waals surface area contributed by atoms with E-state index in [-0.39, 0.29) is 16.7 Å². The molecule has 0 radical (unpaired) electrons. The molecule has 0 spiro atoms. The molecular formula is C30H32N2O3. The Hall–Kier alpha value is -3.73. The van der Waals surface area contributed by atoms with E-state index in [2.05, 4.69) is 39.6 Å². The molecule has 4 rings (SSSR count). The summed E-state index contributed by atoms with van der Waals surface area (Å²) in [5, 5.41) is 11.6. The van der Waals surface area contributed by atoms with E-state index in [1.807, 2.05) is 55.5 Å². The summed E-state index contributed by atoms with van der Waals surface area (Å²) in [4.78, 5) is 32.5. The molecular weight excluding hydrogens is 436 g/mol. The first kappa shape index (κ1) is 24.4. The van der Waals surface area contributed by atoms with Crippen molar-refractivity contribution in [2.75, 3.05) is 4.90 Å². The van der Waals surface area contributed by atoms with Crippen molar-refractivity contribution >= 4 is 23.1 Å². The number of aliphatic hydroxyl groups is 1. The lowest BCUT2D eigenvalue weighted by Gasteiger charge is -2.26. The van der Waals surface area contributed by atoms with E-state index in [1.165, 1.54) is 4.90 Å². The predicted octanol–water partition coefficient (Wildman–Crippen LogP) is 6.44. The minimum atomic E-state index is -0.786. The van der Waals surface area contributed by atoms with Crippen LogP contribution in [0.5, 0.6) is 0 Å². The SMILES string of the molecule is Cc1ccc(C(C)(C)C)cc1/C(O)=C1\C(=O)C(=O)N(c2ccc(C(C)C)cc2)C1c1cccnc1. The van der Waals surface area contributed by atoms with Crippen LogP contribution in [0.15, 0.2) is 72.6 Å². The van der Waals surface area contributed by atoms with Gasteiger partial charge in [-0.2, -0.15) is 0 Å². The van der Waals surface area contributed by atoms with Gasteiger partial charge in [0.2, 0.25) is 0 Å². The van der Waals surface area contributed by atoms with Crippen molar-refractivity contribution in [3.63, 3.8) is 0 Å². The molecule has 1 amide bonds. The average Bonchev–Trinajstić information content (AvgIpc) is 3.09. The fraction of sp³-hybridized carbons (Fsp3) is 0.300. The zero-order chi connectivity index (χ0) is 25.5. The normalized spacial score (nSPS) is 17.9. The number of anilines is 1. The van der Waals surface area contributed by atoms with Gasteiger partial charge >= 0.3 is 0 Å². The number of aromatic nitrogens is 1. The molecule has 180 valence electrons. The summed E-state index contributed by atoms with van der Waals surface area (Å²) in [6, 6.07) is 16.3. The molecule has 0 aliphatic carbocycles. The van der Waals surface area contributed by atoms with Gasteiger partial charge in [0, 0.05) is 23.6 Å². The molecule has 1 unspecified atom stereocenters. The van der Waals surface area contributed by atoms with Crippen molar-refractivity contribution in [3.05, 3.63) is 100 Å². The Labute approximate surface area is 207 Å². The average molecular weight is 469 g/mol. The van der Waals surface area contributed by atoms with E-state index < -0.39 is 17.7 Å². The standard InChI is InChI=1S/C30H32N2O3/c1-18(2)20-10-13-23(14-11-20)32-26(21-8-7-15-31-17-21)25(28(34)29(32)35)27(33)24-16-22(30(4,5)6)12-9-19(24)3/h7-18,26,33H,1-6H3/b27-25+. The summed E-state index contributed by atoms with van der Waals surface area (Å²) in [7, 11) is 0. The maximum atomic E-state index is 13.4. The van der Waals surface area contributed by atoms with Gasteiger partial charge in [-0.1, -0.05) is 65.0 Å². The number of hydrogen-bond acceptors (Lipinski definition) is 4. The van der Waals surface area contributed by atoms with Crippen LogP contribution in [0.3, 0.4) is 0 Å². The van der Waals surface area contributed by atoms with Crippen molar-refractivity contribution < 1.29 is 14.7 Å². The highest BCUT2D eigenvalue weighted by Gasteiger charge is 2.47. The summed E-state index contributed by atoms with van der Waals surface area (Å²) in [5.74, 6) is -1.19. The summed E-state index contributed by atoms with van der Waals surface area (Å²) in [6.45, 7) is 12.4. The third kappa shape index (κ3) is 4.51. The fourth-order valence-electron chi connectivity index (χ4n) is 4.46. The van der Waals surface area contributed by atoms with Gasteiger partial charge in [0.15, 0.2) is 0 Å². The monoisotopic (exact) mass is 468 g/mol. The van der Waals surface area contributed by atoms with Gasteiger partial charge in [0.25, 0.3) is 11.7 Å². The van der Waals surface area contributed by atoms with E-state index in [9.17, 15) is 14.7 Å². The van der Waals surface area contributed by atoms with Crippen LogP contribution in [-0.4, -0.2) is 21.8 Å². The second kappa shape index (κ2) is 9.14. The van der Waals surface area contributed by atoms with Gasteiger partial charge in [0.05, 0.1) is 11.6 Å². The molecule has 1 atom stereocenters. The third-order valence-corrected chi connectivity index (χ3v) is 6.64. The lowest BCUT2D eigenvalue weighted by molar-refractivity contribution is -0.132. The number of aryl methyl sites for hydroxylation is 1. The van der Waals surface area contributed by atoms with Gasteiger partial charge < -0.3 is 5.11 Å². The Morgan fingerprint density at radius 3 is 2.29 bits per heavy atom. The van der Waals surface area contributed by atoms with E-state index in [1.54, 1.807) is 18.5 Å². The topological polar surface area (TPSA) is 70.5 Å². The number of aliphatic hydroxyl groups excluding tert-OH is 1. The molecule has 5 heteroatoms. The number of benzene rings is 2. The van der Waals surface area contributed by atoms with E-state index in [4.69, 9.17) is 0 Å². The molecule has 1 aliphatic rings. The highest BCUT2D eigenvalue weighted by Crippen LogP contribution is 2.43. The van der Waals surface area contributed by atoms with E-state index in [0.29, 0.717) is 22.7 Å². The zero-order valence-corrected chi connectivity index (χ0v) is 21.2. The number of carbonyl (C=O) groups is 2. The van der Waals surface area contributed by atoms with Crippen LogP contribution >= 0.6 is 0 Å². The Morgan fingerprint density at radius 2 is 1.71 bits per heavy atom. The number of amides is 1. The number of ketones is 1. The summed E-state index contributed by atoms with van der Waals surface area (Å²) >= 11 is 0. The maximum Gasteiger partial charge on any atom is 0.300 e. The molecule has 0 saturated carbocycles. The molecule has 1 N–H and O–H groups in total. The van der Waals surface area contributed by atoms with Crippen molar-refractivity contribution in [3.8, 4) is 0 Å². The van der Waals surface area contributed by atoms with Crippen molar-refractivity contribution in [2.45, 2.75) is 58.9 Å². The molecule has 2 aromatic carbocycles. The number of Topliss-reactive ketones (excluding diaryl/α,β-unsaturated/α-hetero) is 1. The van der Waals surface area contributed by atoms with Gasteiger partial charge in [-0.3, -0.25) is 19.5 Å². The quantitative estimate of drug-likeness (QED) is 0.272. The molecule has 1 aliphatic heterocycles. The molecule has 0 bridgehead atoms. The van der Waals surface area contributed by atoms with E-state index >= 15 is 0 Å². The van der Waals surface area contributed by atoms with Gasteiger partial charge in [0.1, 0.15) is 5.76 Å². The van der Waals surface area contributed by atoms with Crippen LogP contribution in [-0.2, 0) is 15.0 Å². The second-order valence-electron chi connectivity index (χ2n) is 10.5. The summed E-state index contributed by atoms with van der Waals surface area (Å²) in [5.41, 5.74) is 4.74. The van der Waals surface area contributed by atoms with Crippen LogP contribution < -0.4 is 4.90 Å². The molecule has 1 fully saturated rings. The highest BCUT2D eigenvalue weighted by molar-refractivity contribution is 6.51. The molecule has 5 nitrogen and oxygen atoms in total. The minimum Gasteiger partial charge on any atom is -0.507 e. The Bertz CT molecular complexity index is 1300. The molecule has 1 saturated heterocycles. The van der Waals surface area contributed by atoms with E-state index in [0.717, 1.165) is 16.7 Å². The van der Waals surface area contributed by atoms with Crippen LogP contribution in [0.25, 0.3) is 5.76 Å². The largest absolute Gasteiger partial charge is 0.507 e. The van der Waals surface area contributed by atoms with Crippen molar-refractivity contribution in [2.24, 2.45) is 0 Å². The zero-order valence-electron chi connectivity index (χ0n) is 21.2. The number of hydrogen-bond donors (Lipinski definition) is 1. The smallest absolute Gasteiger partial charge is 0.300 e. The van der Waals surface area contributed by atoms with Gasteiger partial charge in [-0.25, -0.2) is 0 Å². The summed E-state index contributed by atoms with van der Waals surface area (Å²) < 4.78 is 0. The van der Waals surface area contributed by atoms with Crippen LogP contribution in [0.4, 0.5) is 5.69 Å². The fourth-order valence-corrected chi connectivity index (χ4v) is 4.46. The molecule has 1 aromatic heterocycles. The first-order valence-corrected chi connectivity index (χ1v) is 11.9. The van der Waals surface area contributed by atoms with Gasteiger partial charge in [-0.05, 0) is 64.8 Å². The number of rotatable bonds is 4. The predicted molar refractivity (Wildman–Crippen MR) is 139 cm³/mol. The molecule has 3 aromatic rings.